The summed E-state index contributed by atoms with van der Waals surface area (Å²) in [6.07, 6.45) is 3.69. The van der Waals surface area contributed by atoms with Crippen molar-refractivity contribution < 1.29 is 18.3 Å². The molecule has 0 saturated heterocycles. The third-order valence-electron chi connectivity index (χ3n) is 7.26. The Balaban J connectivity index is 1.62. The zero-order chi connectivity index (χ0) is 25.0. The molecule has 2 unspecified atom stereocenters. The Hall–Kier alpha value is -3.51. The van der Waals surface area contributed by atoms with Crippen molar-refractivity contribution in [2.75, 3.05) is 6.26 Å². The number of carboxylic acid groups (broad SMARTS) is 1. The van der Waals surface area contributed by atoms with E-state index < -0.39 is 20.6 Å². The molecule has 1 aliphatic carbocycles. The van der Waals surface area contributed by atoms with Crippen LogP contribution in [0.25, 0.3) is 33.2 Å². The van der Waals surface area contributed by atoms with Crippen LogP contribution in [0.5, 0.6) is 0 Å². The van der Waals surface area contributed by atoms with Gasteiger partial charge in [0, 0.05) is 23.4 Å². The maximum absolute atomic E-state index is 12.6. The number of hydrogen-bond donors (Lipinski definition) is 1. The lowest BCUT2D eigenvalue weighted by Gasteiger charge is -2.24. The molecule has 4 aromatic rings. The molecule has 5 rings (SSSR count). The third-order valence-corrected chi connectivity index (χ3v) is 9.35. The topological polar surface area (TPSA) is 84.3 Å². The highest BCUT2D eigenvalue weighted by atomic mass is 32.2. The van der Waals surface area contributed by atoms with Crippen molar-refractivity contribution >= 4 is 26.7 Å². The normalized spacial score (nSPS) is 17.9. The lowest BCUT2D eigenvalue weighted by atomic mass is 9.92. The summed E-state index contributed by atoms with van der Waals surface area (Å²) in [5.74, 6) is -0.965. The van der Waals surface area contributed by atoms with Crippen LogP contribution in [0, 0.1) is 5.92 Å². The molecule has 3 aromatic carbocycles. The number of aromatic nitrogens is 1. The third kappa shape index (κ3) is 4.23. The van der Waals surface area contributed by atoms with Gasteiger partial charge in [-0.3, -0.25) is 9.78 Å². The molecule has 1 fully saturated rings. The van der Waals surface area contributed by atoms with E-state index in [1.165, 1.54) is 6.26 Å². The summed E-state index contributed by atoms with van der Waals surface area (Å²) in [6, 6.07) is 23.8. The first-order valence-corrected chi connectivity index (χ1v) is 13.5. The smallest absolute Gasteiger partial charge is 0.307 e. The lowest BCUT2D eigenvalue weighted by molar-refractivity contribution is -0.138. The number of sulfone groups is 1. The van der Waals surface area contributed by atoms with Crippen LogP contribution in [-0.2, 0) is 19.4 Å². The number of carboxylic acids is 1. The number of fused-ring (bicyclic) bond motifs is 1. The summed E-state index contributed by atoms with van der Waals surface area (Å²) in [7, 11) is -3.35. The molecule has 0 radical (unpaired) electrons. The Morgan fingerprint density at radius 2 is 1.63 bits per heavy atom. The van der Waals surface area contributed by atoms with Crippen LogP contribution >= 0.6 is 0 Å². The van der Waals surface area contributed by atoms with Crippen LogP contribution in [0.3, 0.4) is 0 Å². The van der Waals surface area contributed by atoms with Gasteiger partial charge < -0.3 is 5.11 Å². The molecule has 0 aliphatic heterocycles. The standard InChI is InChI=1S/C29H27NO4S/c1-29(2,35(3,33)34)23-15-22-11-6-12-30-27(22)25(16-23)21-10-5-8-19(14-21)18-7-4-9-20(13-18)24-17-26(24)28(31)32/h4-16,24,26H,17H2,1-3H3,(H,31,32). The Morgan fingerprint density at radius 1 is 0.943 bits per heavy atom. The molecule has 6 heteroatoms. The number of benzene rings is 3. The average molecular weight is 486 g/mol. The van der Waals surface area contributed by atoms with Crippen LogP contribution in [0.1, 0.15) is 37.3 Å². The molecule has 0 spiro atoms. The second-order valence-corrected chi connectivity index (χ2v) is 12.4. The molecule has 1 saturated carbocycles. The van der Waals surface area contributed by atoms with Crippen molar-refractivity contribution in [3.63, 3.8) is 0 Å². The van der Waals surface area contributed by atoms with Gasteiger partial charge in [-0.2, -0.15) is 0 Å². The largest absolute Gasteiger partial charge is 0.481 e. The molecule has 2 atom stereocenters. The Bertz CT molecular complexity index is 1570. The quantitative estimate of drug-likeness (QED) is 0.360. The SMILES string of the molecule is CC(C)(c1cc(-c2cccc(-c3cccc(C4CC4C(=O)O)c3)c2)c2ncccc2c1)S(C)(=O)=O. The molecule has 1 N–H and O–H groups in total. The maximum Gasteiger partial charge on any atom is 0.307 e. The molecular formula is C29H27NO4S. The first-order valence-electron chi connectivity index (χ1n) is 11.6. The zero-order valence-corrected chi connectivity index (χ0v) is 20.7. The van der Waals surface area contributed by atoms with Gasteiger partial charge in [0.15, 0.2) is 9.84 Å². The highest BCUT2D eigenvalue weighted by molar-refractivity contribution is 7.91. The number of rotatable bonds is 6. The number of hydrogen-bond acceptors (Lipinski definition) is 4. The minimum absolute atomic E-state index is 0.0682. The fourth-order valence-electron chi connectivity index (χ4n) is 4.63. The van der Waals surface area contributed by atoms with E-state index in [2.05, 4.69) is 17.1 Å². The van der Waals surface area contributed by atoms with Crippen molar-refractivity contribution in [2.45, 2.75) is 30.9 Å². The van der Waals surface area contributed by atoms with E-state index in [0.29, 0.717) is 6.42 Å². The first kappa shape index (κ1) is 23.2. The fourth-order valence-corrected chi connectivity index (χ4v) is 5.17. The van der Waals surface area contributed by atoms with E-state index in [9.17, 15) is 18.3 Å². The van der Waals surface area contributed by atoms with E-state index in [-0.39, 0.29) is 11.8 Å². The van der Waals surface area contributed by atoms with Crippen molar-refractivity contribution in [2.24, 2.45) is 5.92 Å². The van der Waals surface area contributed by atoms with Crippen molar-refractivity contribution in [3.05, 3.63) is 90.1 Å². The molecular weight excluding hydrogens is 458 g/mol. The minimum atomic E-state index is -3.35. The summed E-state index contributed by atoms with van der Waals surface area (Å²) in [5.41, 5.74) is 6.42. The van der Waals surface area contributed by atoms with Crippen LogP contribution < -0.4 is 0 Å². The summed E-state index contributed by atoms with van der Waals surface area (Å²) in [4.78, 5) is 15.9. The number of carbonyl (C=O) groups is 1. The fraction of sp³-hybridized carbons (Fsp3) is 0.241. The molecule has 0 bridgehead atoms. The van der Waals surface area contributed by atoms with Crippen LogP contribution in [0.4, 0.5) is 0 Å². The Kier molecular flexibility index (Phi) is 5.52. The van der Waals surface area contributed by atoms with E-state index in [0.717, 1.165) is 44.3 Å². The van der Waals surface area contributed by atoms with Gasteiger partial charge >= 0.3 is 5.97 Å². The zero-order valence-electron chi connectivity index (χ0n) is 19.9. The van der Waals surface area contributed by atoms with Crippen LogP contribution in [0.15, 0.2) is 79.0 Å². The van der Waals surface area contributed by atoms with Gasteiger partial charge in [0.05, 0.1) is 16.2 Å². The van der Waals surface area contributed by atoms with Gasteiger partial charge in [0.25, 0.3) is 0 Å². The van der Waals surface area contributed by atoms with Crippen molar-refractivity contribution in [1.29, 1.82) is 0 Å². The molecule has 0 amide bonds. The predicted molar refractivity (Wildman–Crippen MR) is 139 cm³/mol. The summed E-state index contributed by atoms with van der Waals surface area (Å²) >= 11 is 0. The van der Waals surface area contributed by atoms with E-state index in [1.54, 1.807) is 20.0 Å². The molecule has 1 heterocycles. The summed E-state index contributed by atoms with van der Waals surface area (Å²) < 4.78 is 24.1. The van der Waals surface area contributed by atoms with Gasteiger partial charge in [-0.1, -0.05) is 48.5 Å². The summed E-state index contributed by atoms with van der Waals surface area (Å²) in [6.45, 7) is 3.46. The first-order chi connectivity index (χ1) is 16.6. The van der Waals surface area contributed by atoms with Crippen molar-refractivity contribution in [1.82, 2.24) is 4.98 Å². The number of pyridine rings is 1. The molecule has 1 aliphatic rings. The lowest BCUT2D eigenvalue weighted by Crippen LogP contribution is -2.28. The van der Waals surface area contributed by atoms with Gasteiger partial charge in [-0.15, -0.1) is 0 Å². The predicted octanol–water partition coefficient (Wildman–Crippen LogP) is 6.04. The highest BCUT2D eigenvalue weighted by Gasteiger charge is 2.44. The minimum Gasteiger partial charge on any atom is -0.481 e. The Morgan fingerprint density at radius 3 is 2.31 bits per heavy atom. The Labute approximate surface area is 205 Å². The average Bonchev–Trinajstić information content (AvgIpc) is 3.64. The monoisotopic (exact) mass is 485 g/mol. The van der Waals surface area contributed by atoms with Crippen LogP contribution in [-0.4, -0.2) is 30.7 Å². The van der Waals surface area contributed by atoms with Gasteiger partial charge in [-0.25, -0.2) is 8.42 Å². The second kappa shape index (κ2) is 8.31. The van der Waals surface area contributed by atoms with Gasteiger partial charge in [0.2, 0.25) is 0 Å². The summed E-state index contributed by atoms with van der Waals surface area (Å²) in [5, 5.41) is 10.2. The molecule has 35 heavy (non-hydrogen) atoms. The molecule has 178 valence electrons. The van der Waals surface area contributed by atoms with Crippen molar-refractivity contribution in [3.8, 4) is 22.3 Å². The van der Waals surface area contributed by atoms with Crippen LogP contribution in [0.2, 0.25) is 0 Å². The number of nitrogens with zero attached hydrogens (tertiary/aromatic N) is 1. The van der Waals surface area contributed by atoms with Gasteiger partial charge in [0.1, 0.15) is 0 Å². The molecule has 1 aromatic heterocycles. The number of aliphatic carboxylic acids is 1. The highest BCUT2D eigenvalue weighted by Crippen LogP contribution is 2.48. The van der Waals surface area contributed by atoms with Gasteiger partial charge in [-0.05, 0) is 78.3 Å². The second-order valence-electron chi connectivity index (χ2n) is 9.87. The van der Waals surface area contributed by atoms with E-state index in [1.807, 2.05) is 60.7 Å². The maximum atomic E-state index is 12.6. The van der Waals surface area contributed by atoms with E-state index in [4.69, 9.17) is 0 Å². The molecule has 5 nitrogen and oxygen atoms in total. The van der Waals surface area contributed by atoms with E-state index >= 15 is 0 Å².